The normalized spacial score (nSPS) is 40.0. The van der Waals surface area contributed by atoms with Crippen molar-refractivity contribution in [2.45, 2.75) is 38.2 Å². The van der Waals surface area contributed by atoms with E-state index in [1.54, 1.807) is 0 Å². The van der Waals surface area contributed by atoms with Crippen LogP contribution in [0.2, 0.25) is 0 Å². The first-order valence-corrected chi connectivity index (χ1v) is 5.70. The van der Waals surface area contributed by atoms with E-state index in [0.29, 0.717) is 11.8 Å². The molecule has 0 bridgehead atoms. The summed E-state index contributed by atoms with van der Waals surface area (Å²) in [6.07, 6.45) is 8.26. The Labute approximate surface area is 86.0 Å². The SMILES string of the molecule is CC1C=CC(O)(C2CCOCC2)CC1. The van der Waals surface area contributed by atoms with Gasteiger partial charge in [0, 0.05) is 13.2 Å². The molecule has 1 aliphatic carbocycles. The molecule has 2 heteroatoms. The van der Waals surface area contributed by atoms with Crippen LogP contribution in [-0.4, -0.2) is 23.9 Å². The minimum atomic E-state index is -0.531. The summed E-state index contributed by atoms with van der Waals surface area (Å²) in [4.78, 5) is 0. The summed E-state index contributed by atoms with van der Waals surface area (Å²) >= 11 is 0. The molecule has 1 N–H and O–H groups in total. The second-order valence-electron chi connectivity index (χ2n) is 4.75. The van der Waals surface area contributed by atoms with Crippen LogP contribution in [0.15, 0.2) is 12.2 Å². The fraction of sp³-hybridized carbons (Fsp3) is 0.833. The van der Waals surface area contributed by atoms with Gasteiger partial charge in [0.05, 0.1) is 5.60 Å². The van der Waals surface area contributed by atoms with Crippen molar-refractivity contribution in [3.05, 3.63) is 12.2 Å². The van der Waals surface area contributed by atoms with E-state index in [-0.39, 0.29) is 0 Å². The molecule has 0 aromatic carbocycles. The second-order valence-corrected chi connectivity index (χ2v) is 4.75. The molecule has 80 valence electrons. The maximum absolute atomic E-state index is 10.5. The lowest BCUT2D eigenvalue weighted by Gasteiger charge is -2.39. The number of ether oxygens (including phenoxy) is 1. The molecule has 2 unspecified atom stereocenters. The van der Waals surface area contributed by atoms with Crippen LogP contribution in [0.4, 0.5) is 0 Å². The van der Waals surface area contributed by atoms with E-state index < -0.39 is 5.60 Å². The third-order valence-electron chi connectivity index (χ3n) is 3.64. The third kappa shape index (κ3) is 2.01. The van der Waals surface area contributed by atoms with Gasteiger partial charge in [0.25, 0.3) is 0 Å². The van der Waals surface area contributed by atoms with Crippen LogP contribution < -0.4 is 0 Å². The Morgan fingerprint density at radius 2 is 2.00 bits per heavy atom. The van der Waals surface area contributed by atoms with Gasteiger partial charge in [0.15, 0.2) is 0 Å². The zero-order chi connectivity index (χ0) is 10.0. The lowest BCUT2D eigenvalue weighted by atomic mass is 9.74. The van der Waals surface area contributed by atoms with Crippen molar-refractivity contribution < 1.29 is 9.84 Å². The minimum absolute atomic E-state index is 0.417. The van der Waals surface area contributed by atoms with Gasteiger partial charge in [0.2, 0.25) is 0 Å². The fourth-order valence-electron chi connectivity index (χ4n) is 2.51. The lowest BCUT2D eigenvalue weighted by Crippen LogP contribution is -2.41. The van der Waals surface area contributed by atoms with Crippen molar-refractivity contribution in [1.29, 1.82) is 0 Å². The monoisotopic (exact) mass is 196 g/mol. The molecular formula is C12H20O2. The van der Waals surface area contributed by atoms with Crippen LogP contribution >= 0.6 is 0 Å². The molecule has 1 saturated heterocycles. The largest absolute Gasteiger partial charge is 0.386 e. The van der Waals surface area contributed by atoms with Crippen molar-refractivity contribution >= 4 is 0 Å². The molecule has 1 heterocycles. The summed E-state index contributed by atoms with van der Waals surface area (Å²) in [5.74, 6) is 1.05. The lowest BCUT2D eigenvalue weighted by molar-refractivity contribution is -0.0444. The molecule has 0 amide bonds. The Bertz CT molecular complexity index is 218. The Kier molecular flexibility index (Phi) is 2.93. The average molecular weight is 196 g/mol. The van der Waals surface area contributed by atoms with Gasteiger partial charge in [-0.05, 0) is 37.5 Å². The number of rotatable bonds is 1. The first kappa shape index (κ1) is 10.2. The summed E-state index contributed by atoms with van der Waals surface area (Å²) < 4.78 is 5.32. The number of hydrogen-bond acceptors (Lipinski definition) is 2. The van der Waals surface area contributed by atoms with Crippen LogP contribution in [0.1, 0.15) is 32.6 Å². The number of aliphatic hydroxyl groups is 1. The summed E-state index contributed by atoms with van der Waals surface area (Å²) in [7, 11) is 0. The first-order valence-electron chi connectivity index (χ1n) is 5.70. The topological polar surface area (TPSA) is 29.5 Å². The van der Waals surface area contributed by atoms with E-state index in [4.69, 9.17) is 4.74 Å². The molecule has 0 radical (unpaired) electrons. The van der Waals surface area contributed by atoms with E-state index in [9.17, 15) is 5.11 Å². The Morgan fingerprint density at radius 1 is 1.29 bits per heavy atom. The quantitative estimate of drug-likeness (QED) is 0.651. The molecular weight excluding hydrogens is 176 g/mol. The molecule has 1 fully saturated rings. The van der Waals surface area contributed by atoms with Crippen molar-refractivity contribution in [3.8, 4) is 0 Å². The third-order valence-corrected chi connectivity index (χ3v) is 3.64. The average Bonchev–Trinajstić information content (AvgIpc) is 2.24. The van der Waals surface area contributed by atoms with E-state index in [0.717, 1.165) is 38.9 Å². The molecule has 1 aliphatic heterocycles. The zero-order valence-corrected chi connectivity index (χ0v) is 8.91. The summed E-state index contributed by atoms with van der Waals surface area (Å²) in [5, 5.41) is 10.5. The van der Waals surface area contributed by atoms with Crippen molar-refractivity contribution in [3.63, 3.8) is 0 Å². The highest BCUT2D eigenvalue weighted by atomic mass is 16.5. The molecule has 0 aromatic rings. The molecule has 14 heavy (non-hydrogen) atoms. The molecule has 2 nitrogen and oxygen atoms in total. The molecule has 2 aliphatic rings. The predicted molar refractivity (Wildman–Crippen MR) is 56.0 cm³/mol. The molecule has 2 atom stereocenters. The highest BCUT2D eigenvalue weighted by Crippen LogP contribution is 2.36. The Hall–Kier alpha value is -0.340. The van der Waals surface area contributed by atoms with Gasteiger partial charge in [-0.2, -0.15) is 0 Å². The van der Waals surface area contributed by atoms with E-state index in [1.165, 1.54) is 0 Å². The minimum Gasteiger partial charge on any atom is -0.386 e. The molecule has 0 saturated carbocycles. The van der Waals surface area contributed by atoms with Crippen LogP contribution in [0.25, 0.3) is 0 Å². The number of allylic oxidation sites excluding steroid dienone is 1. The molecule has 2 rings (SSSR count). The molecule has 0 spiro atoms. The first-order chi connectivity index (χ1) is 6.71. The van der Waals surface area contributed by atoms with Gasteiger partial charge in [-0.3, -0.25) is 0 Å². The van der Waals surface area contributed by atoms with Crippen molar-refractivity contribution in [2.75, 3.05) is 13.2 Å². The van der Waals surface area contributed by atoms with Crippen molar-refractivity contribution in [1.82, 2.24) is 0 Å². The van der Waals surface area contributed by atoms with Crippen molar-refractivity contribution in [2.24, 2.45) is 11.8 Å². The second kappa shape index (κ2) is 4.03. The molecule has 0 aromatic heterocycles. The van der Waals surface area contributed by atoms with Gasteiger partial charge in [-0.1, -0.05) is 19.1 Å². The zero-order valence-electron chi connectivity index (χ0n) is 8.91. The smallest absolute Gasteiger partial charge is 0.0857 e. The van der Waals surface area contributed by atoms with Crippen LogP contribution in [0, 0.1) is 11.8 Å². The standard InChI is InChI=1S/C12H20O2/c1-10-2-6-12(13,7-3-10)11-4-8-14-9-5-11/h2,6,10-11,13H,3-5,7-9H2,1H3. The van der Waals surface area contributed by atoms with Crippen LogP contribution in [-0.2, 0) is 4.74 Å². The maximum Gasteiger partial charge on any atom is 0.0857 e. The fourth-order valence-corrected chi connectivity index (χ4v) is 2.51. The van der Waals surface area contributed by atoms with Crippen LogP contribution in [0.3, 0.4) is 0 Å². The highest BCUT2D eigenvalue weighted by molar-refractivity contribution is 5.10. The Balaban J connectivity index is 2.03. The van der Waals surface area contributed by atoms with Gasteiger partial charge < -0.3 is 9.84 Å². The van der Waals surface area contributed by atoms with Crippen LogP contribution in [0.5, 0.6) is 0 Å². The summed E-state index contributed by atoms with van der Waals surface area (Å²) in [6.45, 7) is 3.84. The maximum atomic E-state index is 10.5. The van der Waals surface area contributed by atoms with E-state index >= 15 is 0 Å². The number of hydrogen-bond donors (Lipinski definition) is 1. The summed E-state index contributed by atoms with van der Waals surface area (Å²) in [5.41, 5.74) is -0.531. The summed E-state index contributed by atoms with van der Waals surface area (Å²) in [6, 6.07) is 0. The van der Waals surface area contributed by atoms with Gasteiger partial charge in [-0.15, -0.1) is 0 Å². The Morgan fingerprint density at radius 3 is 2.57 bits per heavy atom. The highest BCUT2D eigenvalue weighted by Gasteiger charge is 2.36. The van der Waals surface area contributed by atoms with E-state index in [2.05, 4.69) is 13.0 Å². The predicted octanol–water partition coefficient (Wildman–Crippen LogP) is 2.13. The van der Waals surface area contributed by atoms with Gasteiger partial charge in [-0.25, -0.2) is 0 Å². The van der Waals surface area contributed by atoms with Gasteiger partial charge in [0.1, 0.15) is 0 Å². The van der Waals surface area contributed by atoms with E-state index in [1.807, 2.05) is 6.08 Å². The van der Waals surface area contributed by atoms with Gasteiger partial charge >= 0.3 is 0 Å².